The van der Waals surface area contributed by atoms with Crippen molar-refractivity contribution in [1.29, 1.82) is 0 Å². The number of hydrogen-bond donors (Lipinski definition) is 1. The van der Waals surface area contributed by atoms with E-state index >= 15 is 0 Å². The summed E-state index contributed by atoms with van der Waals surface area (Å²) in [5.74, 6) is -0.662. The van der Waals surface area contributed by atoms with Crippen LogP contribution in [-0.2, 0) is 14.3 Å². The molecule has 1 unspecified atom stereocenters. The minimum Gasteiger partial charge on any atom is -0.481 e. The highest BCUT2D eigenvalue weighted by Crippen LogP contribution is 2.19. The van der Waals surface area contributed by atoms with Crippen molar-refractivity contribution in [2.24, 2.45) is 0 Å². The zero-order chi connectivity index (χ0) is 36.4. The van der Waals surface area contributed by atoms with Crippen molar-refractivity contribution >= 4 is 11.9 Å². The Bertz CT molecular complexity index is 757. The van der Waals surface area contributed by atoms with Crippen LogP contribution in [0.3, 0.4) is 0 Å². The molecule has 0 fully saturated rings. The highest BCUT2D eigenvalue weighted by atomic mass is 16.5. The van der Waals surface area contributed by atoms with E-state index < -0.39 is 5.97 Å². The van der Waals surface area contributed by atoms with E-state index in [0.29, 0.717) is 12.8 Å². The van der Waals surface area contributed by atoms with E-state index in [4.69, 9.17) is 9.84 Å². The zero-order valence-corrected chi connectivity index (χ0v) is 33.7. The van der Waals surface area contributed by atoms with Gasteiger partial charge in [-0.25, -0.2) is 0 Å². The lowest BCUT2D eigenvalue weighted by Crippen LogP contribution is -2.18. The maximum atomic E-state index is 12.7. The second-order valence-electron chi connectivity index (χ2n) is 15.2. The van der Waals surface area contributed by atoms with E-state index in [9.17, 15) is 9.59 Å². The number of ether oxygens (including phenoxy) is 1. The normalized spacial score (nSPS) is 12.4. The van der Waals surface area contributed by atoms with Crippen LogP contribution in [0.2, 0.25) is 0 Å². The molecule has 4 heteroatoms. The molecule has 1 N–H and O–H groups in total. The third-order valence-electron chi connectivity index (χ3n) is 10.2. The van der Waals surface area contributed by atoms with Crippen LogP contribution in [0, 0.1) is 0 Å². The molecule has 0 spiro atoms. The lowest BCUT2D eigenvalue weighted by atomic mass is 10.0. The molecule has 50 heavy (non-hydrogen) atoms. The molecule has 0 aromatic rings. The van der Waals surface area contributed by atoms with Gasteiger partial charge in [-0.3, -0.25) is 9.59 Å². The number of allylic oxidation sites excluding steroid dienone is 4. The van der Waals surface area contributed by atoms with E-state index in [0.717, 1.165) is 57.8 Å². The Morgan fingerprint density at radius 2 is 0.780 bits per heavy atom. The van der Waals surface area contributed by atoms with Crippen molar-refractivity contribution in [1.82, 2.24) is 0 Å². The van der Waals surface area contributed by atoms with Crippen LogP contribution in [0.15, 0.2) is 24.3 Å². The summed E-state index contributed by atoms with van der Waals surface area (Å²) in [5.41, 5.74) is 0. The molecule has 0 aliphatic carbocycles. The summed E-state index contributed by atoms with van der Waals surface area (Å²) < 4.78 is 6.05. The molecule has 4 nitrogen and oxygen atoms in total. The molecule has 0 heterocycles. The third kappa shape index (κ3) is 40.8. The Kier molecular flexibility index (Phi) is 40.5. The quantitative estimate of drug-likeness (QED) is 0.0391. The van der Waals surface area contributed by atoms with Gasteiger partial charge in [-0.2, -0.15) is 0 Å². The van der Waals surface area contributed by atoms with Gasteiger partial charge in [-0.1, -0.05) is 192 Å². The predicted octanol–water partition coefficient (Wildman–Crippen LogP) is 15.6. The first-order valence-electron chi connectivity index (χ1n) is 22.3. The third-order valence-corrected chi connectivity index (χ3v) is 10.2. The van der Waals surface area contributed by atoms with Crippen molar-refractivity contribution < 1.29 is 19.4 Å². The van der Waals surface area contributed by atoms with Crippen LogP contribution in [0.5, 0.6) is 0 Å². The smallest absolute Gasteiger partial charge is 0.306 e. The van der Waals surface area contributed by atoms with Crippen molar-refractivity contribution in [3.8, 4) is 0 Å². The van der Waals surface area contributed by atoms with Gasteiger partial charge < -0.3 is 9.84 Å². The van der Waals surface area contributed by atoms with Crippen molar-refractivity contribution in [3.05, 3.63) is 24.3 Å². The maximum Gasteiger partial charge on any atom is 0.306 e. The fourth-order valence-corrected chi connectivity index (χ4v) is 6.86. The largest absolute Gasteiger partial charge is 0.481 e. The fourth-order valence-electron chi connectivity index (χ4n) is 6.86. The zero-order valence-electron chi connectivity index (χ0n) is 33.7. The number of esters is 1. The number of rotatable bonds is 41. The summed E-state index contributed by atoms with van der Waals surface area (Å²) in [7, 11) is 0. The average molecular weight is 703 g/mol. The number of unbranched alkanes of at least 4 members (excludes halogenated alkanes) is 28. The topological polar surface area (TPSA) is 63.6 Å². The number of carboxylic acids is 1. The molecular formula is C46H86O4. The van der Waals surface area contributed by atoms with E-state index in [1.54, 1.807) is 0 Å². The standard InChI is InChI=1S/C46H86O4/c1-3-5-7-9-11-13-14-15-16-17-18-19-20-21-22-23-24-26-31-35-39-43-46(49)50-44(40-36-32-28-25-12-10-8-6-4-2)41-37-33-29-27-30-34-38-42-45(47)48/h11,13,15-16,44H,3-10,12,14,17-43H2,1-2H3,(H,47,48)/b13-11-,16-15-. The Hall–Kier alpha value is -1.58. The summed E-state index contributed by atoms with van der Waals surface area (Å²) in [6, 6.07) is 0. The minimum atomic E-state index is -0.685. The maximum absolute atomic E-state index is 12.7. The molecule has 0 bridgehead atoms. The first-order valence-corrected chi connectivity index (χ1v) is 22.3. The van der Waals surface area contributed by atoms with Crippen LogP contribution in [-0.4, -0.2) is 23.1 Å². The van der Waals surface area contributed by atoms with Gasteiger partial charge in [0.2, 0.25) is 0 Å². The first-order chi connectivity index (χ1) is 24.6. The van der Waals surface area contributed by atoms with E-state index in [-0.39, 0.29) is 12.1 Å². The molecule has 0 radical (unpaired) electrons. The van der Waals surface area contributed by atoms with Gasteiger partial charge in [0, 0.05) is 12.8 Å². The summed E-state index contributed by atoms with van der Waals surface area (Å²) in [6.45, 7) is 4.53. The molecule has 0 aromatic carbocycles. The molecule has 0 saturated carbocycles. The Morgan fingerprint density at radius 3 is 1.22 bits per heavy atom. The molecule has 0 rings (SSSR count). The highest BCUT2D eigenvalue weighted by Gasteiger charge is 2.14. The summed E-state index contributed by atoms with van der Waals surface area (Å²) in [5, 5.41) is 8.78. The molecule has 0 aliphatic rings. The number of hydrogen-bond acceptors (Lipinski definition) is 3. The monoisotopic (exact) mass is 703 g/mol. The van der Waals surface area contributed by atoms with Gasteiger partial charge in [-0.15, -0.1) is 0 Å². The SMILES string of the molecule is CCCCC/C=C\C/C=C\CCCCCCCCCCCCCC(=O)OC(CCCCCCCCCCC)CCCCCCCCCC(=O)O. The van der Waals surface area contributed by atoms with Gasteiger partial charge in [0.25, 0.3) is 0 Å². The molecule has 0 aromatic heterocycles. The molecule has 0 amide bonds. The molecule has 1 atom stereocenters. The second-order valence-corrected chi connectivity index (χ2v) is 15.2. The molecule has 0 saturated heterocycles. The van der Waals surface area contributed by atoms with Crippen LogP contribution < -0.4 is 0 Å². The van der Waals surface area contributed by atoms with Gasteiger partial charge >= 0.3 is 11.9 Å². The number of carboxylic acid groups (broad SMARTS) is 1. The molecule has 294 valence electrons. The average Bonchev–Trinajstić information content (AvgIpc) is 3.10. The Morgan fingerprint density at radius 1 is 0.440 bits per heavy atom. The molecular weight excluding hydrogens is 617 g/mol. The lowest BCUT2D eigenvalue weighted by molar-refractivity contribution is -0.150. The molecule has 0 aliphatic heterocycles. The Balaban J connectivity index is 3.91. The summed E-state index contributed by atoms with van der Waals surface area (Å²) >= 11 is 0. The van der Waals surface area contributed by atoms with Gasteiger partial charge in [0.1, 0.15) is 6.10 Å². The van der Waals surface area contributed by atoms with Crippen LogP contribution in [0.4, 0.5) is 0 Å². The predicted molar refractivity (Wildman–Crippen MR) is 218 cm³/mol. The fraction of sp³-hybridized carbons (Fsp3) is 0.870. The van der Waals surface area contributed by atoms with E-state index in [2.05, 4.69) is 38.2 Å². The highest BCUT2D eigenvalue weighted by molar-refractivity contribution is 5.69. The van der Waals surface area contributed by atoms with Crippen LogP contribution >= 0.6 is 0 Å². The van der Waals surface area contributed by atoms with Gasteiger partial charge in [0.15, 0.2) is 0 Å². The second kappa shape index (κ2) is 41.8. The number of aliphatic carboxylic acids is 1. The van der Waals surface area contributed by atoms with Crippen molar-refractivity contribution in [2.45, 2.75) is 258 Å². The van der Waals surface area contributed by atoms with Crippen molar-refractivity contribution in [3.63, 3.8) is 0 Å². The first kappa shape index (κ1) is 48.4. The lowest BCUT2D eigenvalue weighted by Gasteiger charge is -2.18. The number of carbonyl (C=O) groups excluding carboxylic acids is 1. The van der Waals surface area contributed by atoms with Gasteiger partial charge in [0.05, 0.1) is 0 Å². The summed E-state index contributed by atoms with van der Waals surface area (Å²) in [4.78, 5) is 23.4. The minimum absolute atomic E-state index is 0.0227. The number of carbonyl (C=O) groups is 2. The van der Waals surface area contributed by atoms with E-state index in [1.165, 1.54) is 167 Å². The van der Waals surface area contributed by atoms with Crippen molar-refractivity contribution in [2.75, 3.05) is 0 Å². The van der Waals surface area contributed by atoms with Crippen LogP contribution in [0.25, 0.3) is 0 Å². The van der Waals surface area contributed by atoms with E-state index in [1.807, 2.05) is 0 Å². The Labute approximate surface area is 312 Å². The summed E-state index contributed by atoms with van der Waals surface area (Å²) in [6.07, 6.45) is 53.6. The van der Waals surface area contributed by atoms with Crippen LogP contribution in [0.1, 0.15) is 251 Å². The van der Waals surface area contributed by atoms with Gasteiger partial charge in [-0.05, 0) is 70.6 Å².